The largest absolute Gasteiger partial charge is 0.379 e. The molecule has 3 nitrogen and oxygen atoms in total. The lowest BCUT2D eigenvalue weighted by atomic mass is 10.1. The lowest BCUT2D eigenvalue weighted by Gasteiger charge is -2.13. The quantitative estimate of drug-likeness (QED) is 0.353. The molecule has 1 atom stereocenters. The van der Waals surface area contributed by atoms with Gasteiger partial charge in [0.1, 0.15) is 0 Å². The zero-order valence-corrected chi connectivity index (χ0v) is 14.4. The van der Waals surface area contributed by atoms with Crippen LogP contribution in [0.25, 0.3) is 0 Å². The number of alkyl halides is 1. The number of halogens is 1. The first kappa shape index (κ1) is 19.4. The average molecular weight is 339 g/mol. The van der Waals surface area contributed by atoms with Crippen LogP contribution in [0.1, 0.15) is 46.5 Å². The van der Waals surface area contributed by atoms with E-state index in [4.69, 9.17) is 14.2 Å². The summed E-state index contributed by atoms with van der Waals surface area (Å²) in [7, 11) is 0. The molecule has 0 radical (unpaired) electrons. The highest BCUT2D eigenvalue weighted by Crippen LogP contribution is 2.17. The van der Waals surface area contributed by atoms with Gasteiger partial charge in [-0.05, 0) is 25.2 Å². The zero-order valence-electron chi connectivity index (χ0n) is 12.8. The number of unbranched alkanes of at least 4 members (excludes halogenated alkanes) is 1. The fourth-order valence-corrected chi connectivity index (χ4v) is 1.83. The molecule has 1 unspecified atom stereocenters. The Kier molecular flexibility index (Phi) is 15.0. The molecule has 19 heavy (non-hydrogen) atoms. The molecule has 0 fully saturated rings. The molecule has 0 amide bonds. The molecule has 0 bridgehead atoms. The topological polar surface area (TPSA) is 27.7 Å². The van der Waals surface area contributed by atoms with E-state index in [1.807, 2.05) is 0 Å². The van der Waals surface area contributed by atoms with Gasteiger partial charge >= 0.3 is 0 Å². The third kappa shape index (κ3) is 14.6. The second-order valence-electron chi connectivity index (χ2n) is 5.09. The van der Waals surface area contributed by atoms with Crippen molar-refractivity contribution in [3.05, 3.63) is 0 Å². The highest BCUT2D eigenvalue weighted by molar-refractivity contribution is 9.09. The van der Waals surface area contributed by atoms with Gasteiger partial charge in [0.15, 0.2) is 0 Å². The van der Waals surface area contributed by atoms with E-state index in [1.54, 1.807) is 0 Å². The van der Waals surface area contributed by atoms with Crippen molar-refractivity contribution in [3.63, 3.8) is 0 Å². The first-order valence-electron chi connectivity index (χ1n) is 7.55. The van der Waals surface area contributed by atoms with Crippen LogP contribution in [0, 0.1) is 5.92 Å². The predicted octanol–water partition coefficient (Wildman–Crippen LogP) is 4.04. The smallest absolute Gasteiger partial charge is 0.0701 e. The maximum absolute atomic E-state index is 5.52. The lowest BCUT2D eigenvalue weighted by Crippen LogP contribution is -2.11. The van der Waals surface area contributed by atoms with Crippen molar-refractivity contribution in [3.8, 4) is 0 Å². The van der Waals surface area contributed by atoms with Gasteiger partial charge < -0.3 is 14.2 Å². The normalized spacial score (nSPS) is 13.1. The van der Waals surface area contributed by atoms with Crippen molar-refractivity contribution in [2.75, 3.05) is 39.6 Å². The minimum atomic E-state index is 0.604. The zero-order chi connectivity index (χ0) is 14.3. The van der Waals surface area contributed by atoms with E-state index in [0.717, 1.165) is 26.1 Å². The highest BCUT2D eigenvalue weighted by Gasteiger charge is 2.07. The van der Waals surface area contributed by atoms with Crippen molar-refractivity contribution in [2.45, 2.75) is 51.3 Å². The summed E-state index contributed by atoms with van der Waals surface area (Å²) < 4.78 is 16.3. The fraction of sp³-hybridized carbons (Fsp3) is 1.00. The SMILES string of the molecule is CCCCOCCOCCOCCCC(Br)C(C)C. The van der Waals surface area contributed by atoms with E-state index in [-0.39, 0.29) is 0 Å². The molecule has 0 aromatic carbocycles. The van der Waals surface area contributed by atoms with E-state index >= 15 is 0 Å². The molecule has 0 N–H and O–H groups in total. The number of hydrogen-bond donors (Lipinski definition) is 0. The number of rotatable bonds is 14. The van der Waals surface area contributed by atoms with Crippen molar-refractivity contribution in [1.29, 1.82) is 0 Å². The molecule has 4 heteroatoms. The summed E-state index contributed by atoms with van der Waals surface area (Å²) in [5, 5.41) is 0. The maximum Gasteiger partial charge on any atom is 0.0701 e. The second-order valence-corrected chi connectivity index (χ2v) is 6.27. The molecule has 0 spiro atoms. The van der Waals surface area contributed by atoms with Crippen molar-refractivity contribution in [2.24, 2.45) is 5.92 Å². The van der Waals surface area contributed by atoms with E-state index in [1.165, 1.54) is 12.8 Å². The molecule has 0 heterocycles. The van der Waals surface area contributed by atoms with Crippen LogP contribution < -0.4 is 0 Å². The summed E-state index contributed by atoms with van der Waals surface area (Å²) >= 11 is 3.68. The van der Waals surface area contributed by atoms with Gasteiger partial charge in [0, 0.05) is 18.0 Å². The summed E-state index contributed by atoms with van der Waals surface area (Å²) in [6.45, 7) is 11.0. The van der Waals surface area contributed by atoms with Crippen LogP contribution in [0.4, 0.5) is 0 Å². The molecule has 116 valence electrons. The third-order valence-electron chi connectivity index (χ3n) is 2.88. The van der Waals surface area contributed by atoms with Gasteiger partial charge in [-0.15, -0.1) is 0 Å². The Bertz CT molecular complexity index is 177. The molecule has 0 saturated heterocycles. The Morgan fingerprint density at radius 2 is 1.26 bits per heavy atom. The van der Waals surface area contributed by atoms with E-state index in [9.17, 15) is 0 Å². The summed E-state index contributed by atoms with van der Waals surface area (Å²) in [6.07, 6.45) is 4.59. The highest BCUT2D eigenvalue weighted by atomic mass is 79.9. The fourth-order valence-electron chi connectivity index (χ4n) is 1.50. The second kappa shape index (κ2) is 14.8. The molecular weight excluding hydrogens is 308 g/mol. The maximum atomic E-state index is 5.52. The van der Waals surface area contributed by atoms with Gasteiger partial charge in [0.25, 0.3) is 0 Å². The van der Waals surface area contributed by atoms with E-state index in [0.29, 0.717) is 37.2 Å². The third-order valence-corrected chi connectivity index (χ3v) is 4.39. The van der Waals surface area contributed by atoms with Crippen molar-refractivity contribution < 1.29 is 14.2 Å². The Hall–Kier alpha value is 0.360. The van der Waals surface area contributed by atoms with Gasteiger partial charge in [-0.3, -0.25) is 0 Å². The summed E-state index contributed by atoms with van der Waals surface area (Å²) in [5.74, 6) is 0.691. The van der Waals surface area contributed by atoms with Gasteiger partial charge in [-0.25, -0.2) is 0 Å². The minimum Gasteiger partial charge on any atom is -0.379 e. The standard InChI is InChI=1S/C15H31BrO3/c1-4-5-8-17-10-12-19-13-11-18-9-6-7-15(16)14(2)3/h14-15H,4-13H2,1-3H3. The molecular formula is C15H31BrO3. The van der Waals surface area contributed by atoms with Gasteiger partial charge in [0.05, 0.1) is 26.4 Å². The average Bonchev–Trinajstić information content (AvgIpc) is 2.39. The first-order valence-corrected chi connectivity index (χ1v) is 8.47. The van der Waals surface area contributed by atoms with Crippen LogP contribution in [0.5, 0.6) is 0 Å². The Balaban J connectivity index is 3.03. The van der Waals surface area contributed by atoms with Crippen molar-refractivity contribution in [1.82, 2.24) is 0 Å². The van der Waals surface area contributed by atoms with Gasteiger partial charge in [-0.1, -0.05) is 43.1 Å². The summed E-state index contributed by atoms with van der Waals surface area (Å²) in [5.41, 5.74) is 0. The molecule has 0 aliphatic heterocycles. The molecule has 0 aromatic heterocycles. The first-order chi connectivity index (χ1) is 9.18. The van der Waals surface area contributed by atoms with Gasteiger partial charge in [0.2, 0.25) is 0 Å². The molecule has 0 aromatic rings. The number of ether oxygens (including phenoxy) is 3. The van der Waals surface area contributed by atoms with Crippen molar-refractivity contribution >= 4 is 15.9 Å². The van der Waals surface area contributed by atoms with Crippen LogP contribution in [-0.4, -0.2) is 44.5 Å². The summed E-state index contributed by atoms with van der Waals surface area (Å²) in [4.78, 5) is 0.604. The van der Waals surface area contributed by atoms with Crippen LogP contribution >= 0.6 is 15.9 Å². The lowest BCUT2D eigenvalue weighted by molar-refractivity contribution is 0.0134. The Labute approximate surface area is 127 Å². The molecule has 0 aliphatic rings. The molecule has 0 aliphatic carbocycles. The van der Waals surface area contributed by atoms with Gasteiger partial charge in [-0.2, -0.15) is 0 Å². The van der Waals surface area contributed by atoms with Crippen LogP contribution in [0.3, 0.4) is 0 Å². The minimum absolute atomic E-state index is 0.604. The van der Waals surface area contributed by atoms with Crippen LogP contribution in [0.15, 0.2) is 0 Å². The van der Waals surface area contributed by atoms with E-state index < -0.39 is 0 Å². The number of hydrogen-bond acceptors (Lipinski definition) is 3. The monoisotopic (exact) mass is 338 g/mol. The Morgan fingerprint density at radius 3 is 1.74 bits per heavy atom. The Morgan fingerprint density at radius 1 is 0.789 bits per heavy atom. The van der Waals surface area contributed by atoms with E-state index in [2.05, 4.69) is 36.7 Å². The van der Waals surface area contributed by atoms with Crippen LogP contribution in [-0.2, 0) is 14.2 Å². The summed E-state index contributed by atoms with van der Waals surface area (Å²) in [6, 6.07) is 0. The van der Waals surface area contributed by atoms with Crippen LogP contribution in [0.2, 0.25) is 0 Å². The predicted molar refractivity (Wildman–Crippen MR) is 84.2 cm³/mol. The molecule has 0 saturated carbocycles. The molecule has 0 rings (SSSR count).